The van der Waals surface area contributed by atoms with E-state index in [1.165, 1.54) is 295 Å². The Morgan fingerprint density at radius 3 is 0.806 bits per heavy atom. The average Bonchev–Trinajstić information content (AvgIpc) is 3.33. The molecule has 0 bridgehead atoms. The minimum Gasteiger partial charge on any atom is -0.462 e. The Hall–Kier alpha value is -1.36. The second kappa shape index (κ2) is 59.0. The van der Waals surface area contributed by atoms with E-state index in [0.717, 1.165) is 32.1 Å². The molecule has 5 heteroatoms. The van der Waals surface area contributed by atoms with Gasteiger partial charge in [0.2, 0.25) is 0 Å². The number of esters is 2. The molecule has 1 atom stereocenters. The molecule has 0 spiro atoms. The standard InChI is InChI=1S/C62H120O5/c1-3-5-7-9-11-13-15-17-19-21-23-25-27-28-29-30-31-32-33-35-36-38-40-42-44-46-48-50-52-54-56-61(64)66-59-60(58-63)67-62(65)57-55-53-51-49-47-45-43-41-39-37-34-26-24-22-20-18-16-14-12-10-8-6-4-2/h22,24,60,63H,3-21,23,25-59H2,1-2H3/b24-22-. The molecular weight excluding hydrogens is 825 g/mol. The molecule has 0 aromatic heterocycles. The molecule has 1 unspecified atom stereocenters. The topological polar surface area (TPSA) is 72.8 Å². The van der Waals surface area contributed by atoms with E-state index < -0.39 is 6.10 Å². The van der Waals surface area contributed by atoms with E-state index in [1.54, 1.807) is 0 Å². The Morgan fingerprint density at radius 1 is 0.328 bits per heavy atom. The summed E-state index contributed by atoms with van der Waals surface area (Å²) in [7, 11) is 0. The Bertz CT molecular complexity index is 979. The van der Waals surface area contributed by atoms with Gasteiger partial charge < -0.3 is 14.6 Å². The van der Waals surface area contributed by atoms with Crippen LogP contribution < -0.4 is 0 Å². The van der Waals surface area contributed by atoms with Crippen LogP contribution in [-0.2, 0) is 19.1 Å². The van der Waals surface area contributed by atoms with Crippen LogP contribution in [0, 0.1) is 0 Å². The van der Waals surface area contributed by atoms with Gasteiger partial charge in [-0.25, -0.2) is 0 Å². The van der Waals surface area contributed by atoms with Gasteiger partial charge in [-0.05, 0) is 38.5 Å². The lowest BCUT2D eigenvalue weighted by Crippen LogP contribution is -2.28. The van der Waals surface area contributed by atoms with Crippen molar-refractivity contribution in [1.29, 1.82) is 0 Å². The van der Waals surface area contributed by atoms with Crippen LogP contribution in [0.3, 0.4) is 0 Å². The summed E-state index contributed by atoms with van der Waals surface area (Å²) >= 11 is 0. The first-order valence-electron chi connectivity index (χ1n) is 30.7. The molecule has 398 valence electrons. The van der Waals surface area contributed by atoms with Crippen molar-refractivity contribution in [3.05, 3.63) is 12.2 Å². The molecule has 0 aliphatic rings. The van der Waals surface area contributed by atoms with Crippen LogP contribution >= 0.6 is 0 Å². The Morgan fingerprint density at radius 2 is 0.552 bits per heavy atom. The summed E-state index contributed by atoms with van der Waals surface area (Å²) in [5.74, 6) is -0.568. The molecule has 0 amide bonds. The van der Waals surface area contributed by atoms with E-state index in [2.05, 4.69) is 26.0 Å². The molecule has 0 aliphatic carbocycles. The molecule has 0 aromatic rings. The van der Waals surface area contributed by atoms with Crippen molar-refractivity contribution < 1.29 is 24.2 Å². The van der Waals surface area contributed by atoms with Crippen LogP contribution in [0.2, 0.25) is 0 Å². The summed E-state index contributed by atoms with van der Waals surface area (Å²) in [6.07, 6.45) is 73.6. The van der Waals surface area contributed by atoms with Gasteiger partial charge in [0.15, 0.2) is 6.10 Å². The fourth-order valence-electron chi connectivity index (χ4n) is 9.67. The number of hydrogen-bond donors (Lipinski definition) is 1. The second-order valence-corrected chi connectivity index (χ2v) is 21.1. The lowest BCUT2D eigenvalue weighted by molar-refractivity contribution is -0.161. The summed E-state index contributed by atoms with van der Waals surface area (Å²) in [6, 6.07) is 0. The zero-order valence-corrected chi connectivity index (χ0v) is 45.7. The van der Waals surface area contributed by atoms with Crippen molar-refractivity contribution in [1.82, 2.24) is 0 Å². The first-order valence-corrected chi connectivity index (χ1v) is 30.7. The largest absolute Gasteiger partial charge is 0.462 e. The van der Waals surface area contributed by atoms with Gasteiger partial charge in [0, 0.05) is 12.8 Å². The van der Waals surface area contributed by atoms with Gasteiger partial charge in [-0.1, -0.05) is 315 Å². The van der Waals surface area contributed by atoms with Gasteiger partial charge in [-0.15, -0.1) is 0 Å². The molecule has 0 saturated carbocycles. The maximum absolute atomic E-state index is 12.3. The fourth-order valence-corrected chi connectivity index (χ4v) is 9.67. The summed E-state index contributed by atoms with van der Waals surface area (Å²) in [6.45, 7) is 4.20. The molecule has 0 aromatic carbocycles. The van der Waals surface area contributed by atoms with Gasteiger partial charge >= 0.3 is 11.9 Å². The number of aliphatic hydroxyl groups is 1. The van der Waals surface area contributed by atoms with E-state index in [1.807, 2.05) is 0 Å². The number of allylic oxidation sites excluding steroid dienone is 2. The zero-order valence-electron chi connectivity index (χ0n) is 45.7. The maximum atomic E-state index is 12.3. The number of ether oxygens (including phenoxy) is 2. The van der Waals surface area contributed by atoms with Gasteiger partial charge in [0.25, 0.3) is 0 Å². The minimum absolute atomic E-state index is 0.0584. The van der Waals surface area contributed by atoms with E-state index in [0.29, 0.717) is 12.8 Å². The van der Waals surface area contributed by atoms with Crippen molar-refractivity contribution in [3.63, 3.8) is 0 Å². The third-order valence-corrected chi connectivity index (χ3v) is 14.3. The van der Waals surface area contributed by atoms with E-state index in [9.17, 15) is 14.7 Å². The highest BCUT2D eigenvalue weighted by Crippen LogP contribution is 2.18. The summed E-state index contributed by atoms with van der Waals surface area (Å²) in [5.41, 5.74) is 0. The molecule has 0 heterocycles. The molecule has 5 nitrogen and oxygen atoms in total. The average molecular weight is 946 g/mol. The summed E-state index contributed by atoms with van der Waals surface area (Å²) < 4.78 is 10.7. The Balaban J connectivity index is 3.39. The normalized spacial score (nSPS) is 12.1. The lowest BCUT2D eigenvalue weighted by atomic mass is 10.0. The molecule has 0 radical (unpaired) electrons. The van der Waals surface area contributed by atoms with Gasteiger partial charge in [0.1, 0.15) is 6.61 Å². The number of aliphatic hydroxyl groups excluding tert-OH is 1. The summed E-state index contributed by atoms with van der Waals surface area (Å²) in [4.78, 5) is 24.6. The van der Waals surface area contributed by atoms with E-state index in [-0.39, 0.29) is 25.2 Å². The lowest BCUT2D eigenvalue weighted by Gasteiger charge is -2.15. The second-order valence-electron chi connectivity index (χ2n) is 21.1. The fraction of sp³-hybridized carbons (Fsp3) is 0.935. The Kier molecular flexibility index (Phi) is 57.8. The molecule has 0 fully saturated rings. The SMILES string of the molecule is CCCCCCCCCC/C=C\CCCCCCCCCCCCCC(=O)OC(CO)COC(=O)CCCCCCCCCCCCCCCCCCCCCCCCCCCCCCCC. The third kappa shape index (κ3) is 57.1. The highest BCUT2D eigenvalue weighted by Gasteiger charge is 2.16. The zero-order chi connectivity index (χ0) is 48.5. The molecule has 0 rings (SSSR count). The minimum atomic E-state index is -0.768. The predicted octanol–water partition coefficient (Wildman–Crippen LogP) is 20.7. The van der Waals surface area contributed by atoms with Gasteiger partial charge in [-0.2, -0.15) is 0 Å². The smallest absolute Gasteiger partial charge is 0.306 e. The number of rotatable bonds is 58. The van der Waals surface area contributed by atoms with Crippen LogP contribution in [-0.4, -0.2) is 36.4 Å². The van der Waals surface area contributed by atoms with Crippen LogP contribution in [0.15, 0.2) is 12.2 Å². The van der Waals surface area contributed by atoms with Crippen LogP contribution in [0.4, 0.5) is 0 Å². The highest BCUT2D eigenvalue weighted by atomic mass is 16.6. The number of carbonyl (C=O) groups is 2. The molecule has 1 N–H and O–H groups in total. The molecule has 0 aliphatic heterocycles. The Labute approximate surface area is 420 Å². The number of unbranched alkanes of at least 4 members (excludes halogenated alkanes) is 48. The maximum Gasteiger partial charge on any atom is 0.306 e. The monoisotopic (exact) mass is 945 g/mol. The highest BCUT2D eigenvalue weighted by molar-refractivity contribution is 5.70. The van der Waals surface area contributed by atoms with Crippen LogP contribution in [0.5, 0.6) is 0 Å². The molecule has 0 saturated heterocycles. The predicted molar refractivity (Wildman–Crippen MR) is 293 cm³/mol. The number of carbonyl (C=O) groups excluding carboxylic acids is 2. The first kappa shape index (κ1) is 65.6. The van der Waals surface area contributed by atoms with Gasteiger partial charge in [-0.3, -0.25) is 9.59 Å². The van der Waals surface area contributed by atoms with Crippen LogP contribution in [0.25, 0.3) is 0 Å². The quantitative estimate of drug-likeness (QED) is 0.0374. The molecular formula is C62H120O5. The van der Waals surface area contributed by atoms with Crippen molar-refractivity contribution >= 4 is 11.9 Å². The van der Waals surface area contributed by atoms with Crippen molar-refractivity contribution in [2.24, 2.45) is 0 Å². The number of hydrogen-bond acceptors (Lipinski definition) is 5. The summed E-state index contributed by atoms with van der Waals surface area (Å²) in [5, 5.41) is 9.67. The van der Waals surface area contributed by atoms with E-state index >= 15 is 0 Å². The van der Waals surface area contributed by atoms with Crippen LogP contribution in [0.1, 0.15) is 354 Å². The van der Waals surface area contributed by atoms with Crippen molar-refractivity contribution in [2.75, 3.05) is 13.2 Å². The third-order valence-electron chi connectivity index (χ3n) is 14.3. The van der Waals surface area contributed by atoms with Crippen molar-refractivity contribution in [3.8, 4) is 0 Å². The van der Waals surface area contributed by atoms with Crippen molar-refractivity contribution in [2.45, 2.75) is 360 Å². The van der Waals surface area contributed by atoms with Gasteiger partial charge in [0.05, 0.1) is 6.61 Å². The molecule has 67 heavy (non-hydrogen) atoms. The van der Waals surface area contributed by atoms with E-state index in [4.69, 9.17) is 9.47 Å². The first-order chi connectivity index (χ1) is 33.1.